The summed E-state index contributed by atoms with van der Waals surface area (Å²) in [5.41, 5.74) is 6.95. The molecule has 1 aliphatic rings. The number of aryl methyl sites for hydroxylation is 1. The highest BCUT2D eigenvalue weighted by atomic mass is 16.1. The van der Waals surface area contributed by atoms with Crippen LogP contribution in [0.5, 0.6) is 0 Å². The first-order valence-corrected chi connectivity index (χ1v) is 10.8. The number of carbonyl (C=O) groups excluding carboxylic acids is 1. The Hall–Kier alpha value is -3.47. The van der Waals surface area contributed by atoms with Gasteiger partial charge in [-0.3, -0.25) is 14.5 Å². The Kier molecular flexibility index (Phi) is 5.02. The van der Waals surface area contributed by atoms with Crippen LogP contribution in [0.15, 0.2) is 60.7 Å². The number of nitrogens with zero attached hydrogens (tertiary/aromatic N) is 3. The monoisotopic (exact) mass is 410 g/mol. The molecular formula is C26H26N4O. The molecule has 2 aromatic carbocycles. The van der Waals surface area contributed by atoms with Crippen molar-refractivity contribution in [1.82, 2.24) is 20.1 Å². The topological polar surface area (TPSA) is 59.8 Å². The SMILES string of the molecule is Cc1nn(Cc2ccccc2)c(C)c1CNC(=O)c1cc(C2CC2)nc2ccccc12. The maximum absolute atomic E-state index is 13.2. The second-order valence-electron chi connectivity index (χ2n) is 8.36. The molecule has 156 valence electrons. The third kappa shape index (κ3) is 3.96. The van der Waals surface area contributed by atoms with Crippen molar-refractivity contribution < 1.29 is 4.79 Å². The Labute approximate surface area is 182 Å². The minimum Gasteiger partial charge on any atom is -0.348 e. The van der Waals surface area contributed by atoms with Gasteiger partial charge in [-0.2, -0.15) is 5.10 Å². The Morgan fingerprint density at radius 2 is 1.81 bits per heavy atom. The third-order valence-corrected chi connectivity index (χ3v) is 6.11. The zero-order valence-electron chi connectivity index (χ0n) is 17.9. The van der Waals surface area contributed by atoms with Crippen LogP contribution in [-0.4, -0.2) is 20.7 Å². The van der Waals surface area contributed by atoms with Gasteiger partial charge in [0.15, 0.2) is 0 Å². The molecule has 2 heterocycles. The van der Waals surface area contributed by atoms with Gasteiger partial charge in [0.25, 0.3) is 5.91 Å². The van der Waals surface area contributed by atoms with Gasteiger partial charge in [-0.15, -0.1) is 0 Å². The molecule has 1 amide bonds. The smallest absolute Gasteiger partial charge is 0.252 e. The summed E-state index contributed by atoms with van der Waals surface area (Å²) in [5.74, 6) is 0.437. The number of amides is 1. The predicted octanol–water partition coefficient (Wildman–Crippen LogP) is 4.90. The van der Waals surface area contributed by atoms with Gasteiger partial charge in [0.05, 0.1) is 23.3 Å². The average molecular weight is 411 g/mol. The molecule has 1 N–H and O–H groups in total. The largest absolute Gasteiger partial charge is 0.348 e. The quantitative estimate of drug-likeness (QED) is 0.492. The van der Waals surface area contributed by atoms with Crippen molar-refractivity contribution in [3.05, 3.63) is 94.4 Å². The molecule has 0 unspecified atom stereocenters. The number of hydrogen-bond acceptors (Lipinski definition) is 3. The van der Waals surface area contributed by atoms with Crippen molar-refractivity contribution in [3.63, 3.8) is 0 Å². The van der Waals surface area contributed by atoms with Crippen LogP contribution in [0.1, 0.15) is 57.3 Å². The van der Waals surface area contributed by atoms with Crippen molar-refractivity contribution in [2.75, 3.05) is 0 Å². The normalized spacial score (nSPS) is 13.5. The fourth-order valence-electron chi connectivity index (χ4n) is 4.14. The lowest BCUT2D eigenvalue weighted by Gasteiger charge is -2.11. The predicted molar refractivity (Wildman–Crippen MR) is 122 cm³/mol. The van der Waals surface area contributed by atoms with E-state index in [0.29, 0.717) is 18.0 Å². The van der Waals surface area contributed by atoms with E-state index in [4.69, 9.17) is 10.1 Å². The summed E-state index contributed by atoms with van der Waals surface area (Å²) in [6.45, 7) is 5.25. The highest BCUT2D eigenvalue weighted by Gasteiger charge is 2.27. The van der Waals surface area contributed by atoms with E-state index in [1.54, 1.807) is 0 Å². The number of aromatic nitrogens is 3. The number of nitrogens with one attached hydrogen (secondary N) is 1. The zero-order valence-corrected chi connectivity index (χ0v) is 17.9. The van der Waals surface area contributed by atoms with Gasteiger partial charge in [-0.25, -0.2) is 0 Å². The van der Waals surface area contributed by atoms with Crippen LogP contribution >= 0.6 is 0 Å². The molecule has 5 nitrogen and oxygen atoms in total. The number of para-hydroxylation sites is 1. The maximum Gasteiger partial charge on any atom is 0.252 e. The van der Waals surface area contributed by atoms with E-state index < -0.39 is 0 Å². The first kappa shape index (κ1) is 19.5. The summed E-state index contributed by atoms with van der Waals surface area (Å²) in [5, 5.41) is 8.74. The van der Waals surface area contributed by atoms with E-state index in [2.05, 4.69) is 24.4 Å². The first-order valence-electron chi connectivity index (χ1n) is 10.8. The number of benzene rings is 2. The van der Waals surface area contributed by atoms with Crippen LogP contribution < -0.4 is 5.32 Å². The molecule has 5 rings (SSSR count). The molecule has 4 aromatic rings. The molecule has 1 aliphatic carbocycles. The highest BCUT2D eigenvalue weighted by molar-refractivity contribution is 6.06. The summed E-state index contributed by atoms with van der Waals surface area (Å²) in [4.78, 5) is 18.0. The lowest BCUT2D eigenvalue weighted by atomic mass is 10.0. The Balaban J connectivity index is 1.38. The highest BCUT2D eigenvalue weighted by Crippen LogP contribution is 2.40. The molecule has 0 spiro atoms. The van der Waals surface area contributed by atoms with Gasteiger partial charge < -0.3 is 5.32 Å². The number of pyridine rings is 1. The Bertz CT molecular complexity index is 1260. The minimum absolute atomic E-state index is 0.0601. The fourth-order valence-corrected chi connectivity index (χ4v) is 4.14. The van der Waals surface area contributed by atoms with E-state index in [-0.39, 0.29) is 5.91 Å². The average Bonchev–Trinajstić information content (AvgIpc) is 3.60. The van der Waals surface area contributed by atoms with E-state index in [9.17, 15) is 4.79 Å². The summed E-state index contributed by atoms with van der Waals surface area (Å²) in [6.07, 6.45) is 2.32. The molecular weight excluding hydrogens is 384 g/mol. The number of hydrogen-bond donors (Lipinski definition) is 1. The molecule has 1 saturated carbocycles. The summed E-state index contributed by atoms with van der Waals surface area (Å²) >= 11 is 0. The fraction of sp³-hybridized carbons (Fsp3) is 0.269. The standard InChI is InChI=1S/C26H26N4O/c1-17-23(18(2)30(29-17)16-19-8-4-3-5-9-19)15-27-26(31)22-14-25(20-12-13-20)28-24-11-7-6-10-21(22)24/h3-11,14,20H,12-13,15-16H2,1-2H3,(H,27,31). The van der Waals surface area contributed by atoms with E-state index >= 15 is 0 Å². The number of carbonyl (C=O) groups is 1. The van der Waals surface area contributed by atoms with Gasteiger partial charge in [0.2, 0.25) is 0 Å². The van der Waals surface area contributed by atoms with Gasteiger partial charge in [-0.05, 0) is 44.4 Å². The summed E-state index contributed by atoms with van der Waals surface area (Å²) in [6, 6.07) is 20.2. The van der Waals surface area contributed by atoms with Crippen molar-refractivity contribution >= 4 is 16.8 Å². The molecule has 0 bridgehead atoms. The van der Waals surface area contributed by atoms with Gasteiger partial charge >= 0.3 is 0 Å². The number of fused-ring (bicyclic) bond motifs is 1. The van der Waals surface area contributed by atoms with Crippen molar-refractivity contribution in [2.24, 2.45) is 0 Å². The molecule has 0 aliphatic heterocycles. The first-order chi connectivity index (χ1) is 15.1. The van der Waals surface area contributed by atoms with Crippen molar-refractivity contribution in [2.45, 2.75) is 45.7 Å². The Morgan fingerprint density at radius 1 is 1.06 bits per heavy atom. The van der Waals surface area contributed by atoms with E-state index in [1.807, 2.05) is 60.1 Å². The lowest BCUT2D eigenvalue weighted by Crippen LogP contribution is -2.24. The van der Waals surface area contributed by atoms with Crippen molar-refractivity contribution in [3.8, 4) is 0 Å². The summed E-state index contributed by atoms with van der Waals surface area (Å²) < 4.78 is 2.01. The maximum atomic E-state index is 13.2. The lowest BCUT2D eigenvalue weighted by molar-refractivity contribution is 0.0952. The molecule has 5 heteroatoms. The van der Waals surface area contributed by atoms with Crippen LogP contribution in [0, 0.1) is 13.8 Å². The van der Waals surface area contributed by atoms with Gasteiger partial charge in [0.1, 0.15) is 0 Å². The zero-order chi connectivity index (χ0) is 21.4. The van der Waals surface area contributed by atoms with Crippen LogP contribution in [0.4, 0.5) is 0 Å². The second kappa shape index (κ2) is 7.99. The van der Waals surface area contributed by atoms with Crippen LogP contribution in [0.3, 0.4) is 0 Å². The van der Waals surface area contributed by atoms with E-state index in [1.165, 1.54) is 5.56 Å². The molecule has 0 saturated heterocycles. The molecule has 31 heavy (non-hydrogen) atoms. The minimum atomic E-state index is -0.0601. The molecule has 1 fully saturated rings. The van der Waals surface area contributed by atoms with Crippen LogP contribution in [0.2, 0.25) is 0 Å². The third-order valence-electron chi connectivity index (χ3n) is 6.11. The van der Waals surface area contributed by atoms with Gasteiger partial charge in [0, 0.05) is 34.8 Å². The van der Waals surface area contributed by atoms with E-state index in [0.717, 1.165) is 52.9 Å². The molecule has 0 atom stereocenters. The summed E-state index contributed by atoms with van der Waals surface area (Å²) in [7, 11) is 0. The molecule has 2 aromatic heterocycles. The second-order valence-corrected chi connectivity index (χ2v) is 8.36. The number of rotatable bonds is 6. The van der Waals surface area contributed by atoms with Crippen LogP contribution in [-0.2, 0) is 13.1 Å². The molecule has 0 radical (unpaired) electrons. The van der Waals surface area contributed by atoms with Crippen LogP contribution in [0.25, 0.3) is 10.9 Å². The Morgan fingerprint density at radius 3 is 2.58 bits per heavy atom. The van der Waals surface area contributed by atoms with Crippen molar-refractivity contribution in [1.29, 1.82) is 0 Å². The van der Waals surface area contributed by atoms with Gasteiger partial charge in [-0.1, -0.05) is 48.5 Å².